The van der Waals surface area contributed by atoms with Gasteiger partial charge in [0.1, 0.15) is 52.0 Å². The van der Waals surface area contributed by atoms with E-state index in [9.17, 15) is 75.2 Å². The quantitative estimate of drug-likeness (QED) is 0.0153. The van der Waals surface area contributed by atoms with Crippen molar-refractivity contribution in [3.8, 4) is 0 Å². The first kappa shape index (κ1) is 152. The lowest BCUT2D eigenvalue weighted by Crippen LogP contribution is -2.35. The molecule has 0 rings (SSSR count). The van der Waals surface area contributed by atoms with Gasteiger partial charge in [-0.1, -0.05) is 243 Å². The Morgan fingerprint density at radius 1 is 0.394 bits per heavy atom. The number of rotatable bonds is 45. The Hall–Kier alpha value is -2.44. The Kier molecular flexibility index (Phi) is 85.0. The maximum absolute atomic E-state index is 11.8. The molecule has 0 aromatic carbocycles. The molecule has 1 amide bonds. The second kappa shape index (κ2) is 73.6. The highest BCUT2D eigenvalue weighted by atomic mass is 32.5. The number of unbranched alkanes of at least 4 members (excludes halogenated alkanes) is 3. The van der Waals surface area contributed by atoms with E-state index in [2.05, 4.69) is 62.4 Å². The molecule has 0 aromatic heterocycles. The third-order valence-corrected chi connectivity index (χ3v) is 26.1. The first-order valence-electron chi connectivity index (χ1n) is 45.1. The molecule has 0 heterocycles. The number of Topliss-reactive ketones (excluding diaryl/α,β-unsaturated/α-hetero) is 9. The van der Waals surface area contributed by atoms with E-state index in [4.69, 9.17) is 64.8 Å². The van der Waals surface area contributed by atoms with Crippen LogP contribution in [0.4, 0.5) is 0 Å². The zero-order chi connectivity index (χ0) is 107. The molecule has 0 aromatic rings. The summed E-state index contributed by atoms with van der Waals surface area (Å²) in [6, 6.07) is 0. The van der Waals surface area contributed by atoms with Gasteiger partial charge in [0, 0.05) is 152 Å². The average Bonchev–Trinajstić information content (AvgIpc) is 0.877. The molecule has 0 spiro atoms. The number of carbonyl (C=O) groups is 11. The predicted octanol–water partition coefficient (Wildman–Crippen LogP) is 20.0. The minimum Gasteiger partial charge on any atom is -0.481 e. The molecule has 2 atom stereocenters. The number of aliphatic hydroxyl groups is 2. The number of carboxylic acids is 1. The topological polar surface area (TPSA) is 572 Å². The van der Waals surface area contributed by atoms with Crippen LogP contribution >= 0.6 is 59.2 Å². The van der Waals surface area contributed by atoms with Crippen LogP contribution in [0.15, 0.2) is 0 Å². The van der Waals surface area contributed by atoms with E-state index in [0.29, 0.717) is 114 Å². The summed E-state index contributed by atoms with van der Waals surface area (Å²) >= 11 is 4.04. The second-order valence-corrected chi connectivity index (χ2v) is 56.3. The minimum atomic E-state index is -4.38. The summed E-state index contributed by atoms with van der Waals surface area (Å²) in [6.07, 6.45) is 12.1. The Morgan fingerprint density at radius 2 is 0.667 bits per heavy atom. The van der Waals surface area contributed by atoms with Gasteiger partial charge >= 0.3 is 36.6 Å². The molecule has 0 saturated carbocycles. The number of phosphoric ester groups is 1. The van der Waals surface area contributed by atoms with Crippen LogP contribution in [0, 0.1) is 60.1 Å². The minimum absolute atomic E-state index is 0. The van der Waals surface area contributed by atoms with Crippen LogP contribution in [0.25, 0.3) is 0 Å². The molecule has 0 fully saturated rings. The second-order valence-electron chi connectivity index (χ2n) is 43.0. The third-order valence-electron chi connectivity index (χ3n) is 18.3. The van der Waals surface area contributed by atoms with E-state index in [1.807, 2.05) is 166 Å². The number of phosphoric acid groups is 1. The standard InChI is InChI=1S/C14H29OP.C10H19O6P.C9H20NO4P.C9H19O4P.C9H18O2.C8H17NO.C8H17O5P.C8H17O4PS.C8H16O2.C8H16OS.CH4/c1-11(2)16(12(3)4)10-8-9-13(15)14(5,6)7;1-10(2,3)8(11)6-7(9(12)13)4-5-17(14,15)16;1-9(2,3)8(11)10-6-4-5-7-15(12,13)14;1-9(2,3)8(10)6-4-5-7-14(11,12)13;1-9(2,3)8(11)6-4-5-7-10;1-8(2,3)7(10)5-4-6-9;1-8(2,3)7(9)5-4-6-13-14(10,11)12;1-8(2,3)7(9)5-4-6-12-14(10,11)13;1-8(2,3)7(10)5-4-6-9;1-8(2,3)7(9)5-4-6-10;/h11-12H,8-10H2,1-7H3;7H,4-6H2,1-3H3,(H,12,13)(H2,14,15,16);4-7H2,1-3H3,(H,10,11)(H2,12,13,14);4-7H2,1-3H3,(H2,11,12,13);10H,4-7H2,1-3H3;4-6,9H2,1-3H3;4-6H2,1-3H3,(H2,10,11,12);13H,4-6H2,1-3H3,(H,10,11);9H,4-6H2,1-3H3;10H,4-6H2,1-3H3;1H4. The van der Waals surface area contributed by atoms with Crippen molar-refractivity contribution in [1.82, 2.24) is 5.32 Å². The molecule has 0 saturated heterocycles. The molecule has 0 aliphatic carbocycles. The molecule has 2 unspecified atom stereocenters. The van der Waals surface area contributed by atoms with Gasteiger partial charge in [0.15, 0.2) is 0 Å². The number of nitrogens with one attached hydrogen (secondary N) is 1. The van der Waals surface area contributed by atoms with Crippen molar-refractivity contribution in [3.63, 3.8) is 0 Å². The summed E-state index contributed by atoms with van der Waals surface area (Å²) < 4.78 is 69.9. The van der Waals surface area contributed by atoms with Crippen LogP contribution < -0.4 is 11.1 Å². The number of amides is 1. The molecular formula is C92H192N2O30P6S2. The van der Waals surface area contributed by atoms with Crippen molar-refractivity contribution in [1.29, 1.82) is 0 Å². The third kappa shape index (κ3) is 111. The number of hydrogen-bond donors (Lipinski definition) is 15. The maximum atomic E-state index is 11.8. The highest BCUT2D eigenvalue weighted by Crippen LogP contribution is 2.47. The summed E-state index contributed by atoms with van der Waals surface area (Å²) in [7, 11) is -17.0. The van der Waals surface area contributed by atoms with Crippen LogP contribution in [0.5, 0.6) is 0 Å². The van der Waals surface area contributed by atoms with Crippen LogP contribution in [-0.2, 0) is 89.4 Å². The van der Waals surface area contributed by atoms with Crippen molar-refractivity contribution in [3.05, 3.63) is 0 Å². The predicted molar refractivity (Wildman–Crippen MR) is 545 cm³/mol. The number of thiol groups is 1. The fraction of sp³-hybridized carbons (Fsp3) is 0.880. The molecule has 0 bridgehead atoms. The van der Waals surface area contributed by atoms with Gasteiger partial charge < -0.3 is 65.5 Å². The number of aliphatic carboxylic acids is 1. The van der Waals surface area contributed by atoms with E-state index in [0.717, 1.165) is 55.6 Å². The van der Waals surface area contributed by atoms with Gasteiger partial charge in [-0.25, -0.2) is 8.77 Å². The van der Waals surface area contributed by atoms with Crippen molar-refractivity contribution in [2.24, 2.45) is 65.8 Å². The van der Waals surface area contributed by atoms with Crippen LogP contribution in [-0.4, -0.2) is 208 Å². The molecule has 32 nitrogen and oxygen atoms in total. The van der Waals surface area contributed by atoms with E-state index in [1.165, 1.54) is 6.16 Å². The lowest BCUT2D eigenvalue weighted by atomic mass is 9.84. The fourth-order valence-corrected chi connectivity index (χ4v) is 15.0. The zero-order valence-electron chi connectivity index (χ0n) is 87.0. The van der Waals surface area contributed by atoms with E-state index < -0.39 is 74.6 Å². The zero-order valence-corrected chi connectivity index (χ0v) is 94.1. The number of hydrogen-bond acceptors (Lipinski definition) is 22. The first-order chi connectivity index (χ1) is 58.0. The number of nitrogens with two attached hydrogens (primary N) is 1. The largest absolute Gasteiger partial charge is 0.481 e. The summed E-state index contributed by atoms with van der Waals surface area (Å²) in [5.41, 5.74) is 3.74. The van der Waals surface area contributed by atoms with Crippen molar-refractivity contribution >= 4 is 133 Å². The Bertz CT molecular complexity index is 3400. The molecular weight excluding hydrogens is 1860 g/mol. The summed E-state index contributed by atoms with van der Waals surface area (Å²) in [4.78, 5) is 193. The lowest BCUT2D eigenvalue weighted by Gasteiger charge is -2.26. The Labute approximate surface area is 807 Å². The van der Waals surface area contributed by atoms with E-state index >= 15 is 0 Å². The van der Waals surface area contributed by atoms with Gasteiger partial charge in [0.2, 0.25) is 15.6 Å². The van der Waals surface area contributed by atoms with Gasteiger partial charge in [0.05, 0.1) is 25.3 Å². The fourth-order valence-electron chi connectivity index (χ4n) is 9.17. The SMILES string of the molecule is C.CC(C)(C)C(=O)CC(CCP(=O)(O)O)C(=O)O.CC(C)(C)C(=O)CCCCO.CC(C)(C)C(=O)CCCCP(=O)(O)O.CC(C)(C)C(=O)CCCN.CC(C)(C)C(=O)CCCO.CC(C)(C)C(=O)CCCOP(=O)(O)O.CC(C)(C)C(=O)CCCOS(=O)(O)=P.CC(C)(C)C(=O)CCCS.CC(C)(C)C(=O)NCCCCP(=O)(O)O.CC(C)P(CCCC(=O)C(C)(C)C)C(C)C. The molecule has 792 valence electrons. The monoisotopic (exact) mass is 2060 g/mol. The maximum Gasteiger partial charge on any atom is 0.469 e. The first-order valence-corrected chi connectivity index (χ1v) is 57.0. The van der Waals surface area contributed by atoms with Crippen LogP contribution in [0.2, 0.25) is 0 Å². The normalized spacial score (nSPS) is 12.9. The van der Waals surface area contributed by atoms with Crippen molar-refractivity contribution in [2.75, 3.05) is 69.9 Å². The number of carbonyl (C=O) groups excluding carboxylic acids is 10. The number of aliphatic hydroxyl groups excluding tert-OH is 2. The summed E-state index contributed by atoms with van der Waals surface area (Å²) in [5, 5.41) is 28.5. The van der Waals surface area contributed by atoms with Crippen LogP contribution in [0.3, 0.4) is 0 Å². The summed E-state index contributed by atoms with van der Waals surface area (Å²) in [6.45, 7) is 66.8. The van der Waals surface area contributed by atoms with Crippen LogP contribution in [0.1, 0.15) is 384 Å². The average molecular weight is 2060 g/mol. The highest BCUT2D eigenvalue weighted by Gasteiger charge is 2.32. The Balaban J connectivity index is -0.000000137. The van der Waals surface area contributed by atoms with E-state index in [-0.39, 0.29) is 152 Å². The number of ketones is 9. The molecule has 0 aliphatic heterocycles. The Morgan fingerprint density at radius 3 is 0.924 bits per heavy atom. The van der Waals surface area contributed by atoms with Gasteiger partial charge in [-0.2, -0.15) is 12.6 Å². The van der Waals surface area contributed by atoms with Crippen molar-refractivity contribution in [2.45, 2.75) is 395 Å². The lowest BCUT2D eigenvalue weighted by molar-refractivity contribution is -0.145. The highest BCUT2D eigenvalue weighted by molar-refractivity contribution is 8.13. The smallest absolute Gasteiger partial charge is 0.469 e. The summed E-state index contributed by atoms with van der Waals surface area (Å²) in [5.74, 6) is 0.193. The van der Waals surface area contributed by atoms with Gasteiger partial charge in [-0.05, 0) is 113 Å². The van der Waals surface area contributed by atoms with Gasteiger partial charge in [0.25, 0.3) is 0 Å². The molecule has 40 heteroatoms. The molecule has 0 radical (unpaired) electrons. The van der Waals surface area contributed by atoms with Gasteiger partial charge in [-0.3, -0.25) is 79.7 Å². The van der Waals surface area contributed by atoms with E-state index in [1.54, 1.807) is 41.5 Å². The molecule has 132 heavy (non-hydrogen) atoms. The number of carboxylic acid groups (broad SMARTS) is 1. The van der Waals surface area contributed by atoms with Crippen molar-refractivity contribution < 1.29 is 143 Å². The molecule has 15 N–H and O–H groups in total. The van der Waals surface area contributed by atoms with Gasteiger partial charge in [-0.15, -0.1) is 7.92 Å². The molecule has 0 aliphatic rings.